The highest BCUT2D eigenvalue weighted by atomic mass is 35.5. The van der Waals surface area contributed by atoms with E-state index in [0.29, 0.717) is 10.7 Å². The highest BCUT2D eigenvalue weighted by molar-refractivity contribution is 6.30. The van der Waals surface area contributed by atoms with Gasteiger partial charge >= 0.3 is 0 Å². The number of anilines is 1. The van der Waals surface area contributed by atoms with Crippen LogP contribution in [0.4, 0.5) is 5.69 Å². The van der Waals surface area contributed by atoms with E-state index in [1.54, 1.807) is 18.3 Å². The summed E-state index contributed by atoms with van der Waals surface area (Å²) in [6, 6.07) is 9.21. The predicted molar refractivity (Wildman–Crippen MR) is 97.0 cm³/mol. The van der Waals surface area contributed by atoms with Crippen LogP contribution in [-0.2, 0) is 11.8 Å². The number of amides is 1. The molecule has 0 spiro atoms. The molecule has 3 rings (SSSR count). The maximum absolute atomic E-state index is 11.4. The highest BCUT2D eigenvalue weighted by Crippen LogP contribution is 2.22. The minimum absolute atomic E-state index is 0.277. The fourth-order valence-corrected chi connectivity index (χ4v) is 2.42. The topological polar surface area (TPSA) is 46.9 Å². The van der Waals surface area contributed by atoms with Crippen LogP contribution in [0.3, 0.4) is 0 Å². The number of aryl methyl sites for hydroxylation is 1. The van der Waals surface area contributed by atoms with Crippen LogP contribution >= 0.6 is 11.6 Å². The minimum atomic E-state index is -0.277. The van der Waals surface area contributed by atoms with Crippen LogP contribution in [0.15, 0.2) is 55.4 Å². The quantitative estimate of drug-likeness (QED) is 0.572. The van der Waals surface area contributed by atoms with E-state index in [1.807, 2.05) is 36.0 Å². The normalized spacial score (nSPS) is 10.1. The number of halogens is 1. The van der Waals surface area contributed by atoms with E-state index in [9.17, 15) is 4.79 Å². The maximum atomic E-state index is 11.4. The molecule has 0 fully saturated rings. The summed E-state index contributed by atoms with van der Waals surface area (Å²) in [5.41, 5.74) is 3.12. The number of nitrogens with one attached hydrogen (secondary N) is 1. The van der Waals surface area contributed by atoms with E-state index in [1.165, 1.54) is 6.08 Å². The lowest BCUT2D eigenvalue weighted by molar-refractivity contribution is -0.111. The number of carbonyl (C=O) groups is 1. The Balaban J connectivity index is 2.01. The Morgan fingerprint density at radius 1 is 1.33 bits per heavy atom. The molecule has 5 heteroatoms. The molecule has 1 amide bonds. The molecule has 4 nitrogen and oxygen atoms in total. The molecule has 1 N–H and O–H groups in total. The molecule has 0 unspecified atom stereocenters. The van der Waals surface area contributed by atoms with E-state index in [0.717, 1.165) is 22.2 Å². The van der Waals surface area contributed by atoms with Crippen LogP contribution in [0.25, 0.3) is 11.0 Å². The number of hydrogen-bond donors (Lipinski definition) is 1. The molecule has 3 aromatic rings. The molecule has 0 aliphatic rings. The molecule has 0 atom stereocenters. The van der Waals surface area contributed by atoms with Crippen LogP contribution in [0, 0.1) is 11.8 Å². The molecule has 0 saturated heterocycles. The molecular formula is C19H14ClN3O. The summed E-state index contributed by atoms with van der Waals surface area (Å²) in [4.78, 5) is 15.8. The van der Waals surface area contributed by atoms with Gasteiger partial charge in [0.15, 0.2) is 0 Å². The average molecular weight is 336 g/mol. The Bertz CT molecular complexity index is 991. The van der Waals surface area contributed by atoms with Crippen molar-refractivity contribution in [3.05, 3.63) is 71.5 Å². The summed E-state index contributed by atoms with van der Waals surface area (Å²) >= 11 is 5.88. The third-order valence-electron chi connectivity index (χ3n) is 3.45. The Morgan fingerprint density at radius 2 is 2.08 bits per heavy atom. The largest absolute Gasteiger partial charge is 0.334 e. The van der Waals surface area contributed by atoms with Crippen molar-refractivity contribution in [3.8, 4) is 11.8 Å². The molecule has 24 heavy (non-hydrogen) atoms. The Labute approximate surface area is 144 Å². The molecule has 1 aromatic carbocycles. The molecule has 0 bridgehead atoms. The zero-order chi connectivity index (χ0) is 17.1. The van der Waals surface area contributed by atoms with Gasteiger partial charge in [-0.05, 0) is 36.4 Å². The summed E-state index contributed by atoms with van der Waals surface area (Å²) in [5.74, 6) is 5.99. The van der Waals surface area contributed by atoms with E-state index < -0.39 is 0 Å². The zero-order valence-electron chi connectivity index (χ0n) is 13.0. The fourth-order valence-electron chi connectivity index (χ4n) is 2.30. The van der Waals surface area contributed by atoms with Gasteiger partial charge in [0.2, 0.25) is 5.91 Å². The summed E-state index contributed by atoms with van der Waals surface area (Å²) in [7, 11) is 1.91. The lowest BCUT2D eigenvalue weighted by atomic mass is 10.2. The third-order valence-corrected chi connectivity index (χ3v) is 3.70. The van der Waals surface area contributed by atoms with Gasteiger partial charge in [0.25, 0.3) is 0 Å². The average Bonchev–Trinajstić information content (AvgIpc) is 2.90. The monoisotopic (exact) mass is 335 g/mol. The van der Waals surface area contributed by atoms with Crippen LogP contribution in [0.5, 0.6) is 0 Å². The fraction of sp³-hybridized carbons (Fsp3) is 0.0526. The first-order chi connectivity index (χ1) is 11.6. The molecule has 118 valence electrons. The third kappa shape index (κ3) is 3.32. The van der Waals surface area contributed by atoms with E-state index >= 15 is 0 Å². The van der Waals surface area contributed by atoms with Crippen molar-refractivity contribution in [2.75, 3.05) is 5.32 Å². The molecular weight excluding hydrogens is 322 g/mol. The standard InChI is InChI=1S/C19H14ClN3O/c1-3-18(24)22-16-10-17-14(12-23(2)19(17)21-11-16)7-4-13-5-8-15(20)9-6-13/h3,5-6,8-12H,1H2,2H3,(H,22,24). The van der Waals surface area contributed by atoms with E-state index in [-0.39, 0.29) is 5.91 Å². The van der Waals surface area contributed by atoms with Crippen LogP contribution in [-0.4, -0.2) is 15.5 Å². The van der Waals surface area contributed by atoms with Gasteiger partial charge in [-0.25, -0.2) is 4.98 Å². The highest BCUT2D eigenvalue weighted by Gasteiger charge is 2.08. The number of fused-ring (bicyclic) bond motifs is 1. The first-order valence-electron chi connectivity index (χ1n) is 7.23. The number of pyridine rings is 1. The van der Waals surface area contributed by atoms with Gasteiger partial charge in [-0.2, -0.15) is 0 Å². The summed E-state index contributed by atoms with van der Waals surface area (Å²) in [6.07, 6.45) is 4.75. The number of aromatic nitrogens is 2. The van der Waals surface area contributed by atoms with Crippen molar-refractivity contribution in [2.45, 2.75) is 0 Å². The van der Waals surface area contributed by atoms with Gasteiger partial charge in [-0.3, -0.25) is 4.79 Å². The minimum Gasteiger partial charge on any atom is -0.334 e. The van der Waals surface area contributed by atoms with Crippen molar-refractivity contribution in [1.82, 2.24) is 9.55 Å². The van der Waals surface area contributed by atoms with Gasteiger partial charge in [0.1, 0.15) is 5.65 Å². The molecule has 2 aromatic heterocycles. The van der Waals surface area contributed by atoms with Gasteiger partial charge in [-0.15, -0.1) is 0 Å². The second kappa shape index (κ2) is 6.61. The number of rotatable bonds is 2. The second-order valence-corrected chi connectivity index (χ2v) is 5.64. The number of hydrogen-bond acceptors (Lipinski definition) is 2. The number of benzene rings is 1. The van der Waals surface area contributed by atoms with Gasteiger partial charge in [-0.1, -0.05) is 30.0 Å². The Morgan fingerprint density at radius 3 is 2.79 bits per heavy atom. The summed E-state index contributed by atoms with van der Waals surface area (Å²) in [6.45, 7) is 3.44. The zero-order valence-corrected chi connectivity index (χ0v) is 13.8. The molecule has 2 heterocycles. The van der Waals surface area contributed by atoms with Crippen molar-refractivity contribution < 1.29 is 4.79 Å². The lowest BCUT2D eigenvalue weighted by Crippen LogP contribution is -2.07. The van der Waals surface area contributed by atoms with Crippen molar-refractivity contribution >= 4 is 34.2 Å². The number of nitrogens with zero attached hydrogens (tertiary/aromatic N) is 2. The number of carbonyl (C=O) groups excluding carboxylic acids is 1. The van der Waals surface area contributed by atoms with Crippen molar-refractivity contribution in [3.63, 3.8) is 0 Å². The van der Waals surface area contributed by atoms with Crippen LogP contribution in [0.2, 0.25) is 5.02 Å². The summed E-state index contributed by atoms with van der Waals surface area (Å²) in [5, 5.41) is 4.26. The smallest absolute Gasteiger partial charge is 0.247 e. The molecule has 0 radical (unpaired) electrons. The molecule has 0 aliphatic heterocycles. The maximum Gasteiger partial charge on any atom is 0.247 e. The SMILES string of the molecule is C=CC(=O)Nc1cnc2c(c1)c(C#Cc1ccc(Cl)cc1)cn2C. The van der Waals surface area contributed by atoms with E-state index in [4.69, 9.17) is 11.6 Å². The van der Waals surface area contributed by atoms with E-state index in [2.05, 4.69) is 28.7 Å². The first-order valence-corrected chi connectivity index (χ1v) is 7.60. The van der Waals surface area contributed by atoms with Gasteiger partial charge in [0, 0.05) is 29.2 Å². The predicted octanol–water partition coefficient (Wildman–Crippen LogP) is 3.75. The van der Waals surface area contributed by atoms with Crippen molar-refractivity contribution in [1.29, 1.82) is 0 Å². The van der Waals surface area contributed by atoms with Gasteiger partial charge in [0.05, 0.1) is 17.4 Å². The lowest BCUT2D eigenvalue weighted by Gasteiger charge is -2.02. The molecule has 0 saturated carbocycles. The Kier molecular flexibility index (Phi) is 4.37. The van der Waals surface area contributed by atoms with Gasteiger partial charge < -0.3 is 9.88 Å². The van der Waals surface area contributed by atoms with Crippen LogP contribution in [0.1, 0.15) is 11.1 Å². The summed E-state index contributed by atoms with van der Waals surface area (Å²) < 4.78 is 1.90. The Hall–Kier alpha value is -3.03. The van der Waals surface area contributed by atoms with Crippen LogP contribution < -0.4 is 5.32 Å². The second-order valence-electron chi connectivity index (χ2n) is 5.20. The van der Waals surface area contributed by atoms with Crippen molar-refractivity contribution in [2.24, 2.45) is 7.05 Å². The first kappa shape index (κ1) is 15.9. The molecule has 0 aliphatic carbocycles.